The van der Waals surface area contributed by atoms with Gasteiger partial charge in [0.25, 0.3) is 11.8 Å². The molecular formula is C22H18N2O5S2. The van der Waals surface area contributed by atoms with Crippen molar-refractivity contribution in [1.82, 2.24) is 4.90 Å². The fraction of sp³-hybridized carbons (Fsp3) is 0.182. The summed E-state index contributed by atoms with van der Waals surface area (Å²) in [5.41, 5.74) is 2.26. The van der Waals surface area contributed by atoms with Gasteiger partial charge in [-0.25, -0.2) is 0 Å². The number of thioether (sulfide) groups is 1. The van der Waals surface area contributed by atoms with Crippen molar-refractivity contribution in [2.24, 2.45) is 0 Å². The Morgan fingerprint density at radius 3 is 2.45 bits per heavy atom. The predicted molar refractivity (Wildman–Crippen MR) is 122 cm³/mol. The number of carboxylic acids is 1. The number of anilines is 1. The molecule has 2 aliphatic heterocycles. The van der Waals surface area contributed by atoms with Gasteiger partial charge < -0.3 is 9.84 Å². The van der Waals surface area contributed by atoms with Gasteiger partial charge in [0.15, 0.2) is 0 Å². The Morgan fingerprint density at radius 2 is 1.77 bits per heavy atom. The van der Waals surface area contributed by atoms with Gasteiger partial charge in [0, 0.05) is 12.1 Å². The van der Waals surface area contributed by atoms with Crippen molar-refractivity contribution in [3.8, 4) is 5.75 Å². The van der Waals surface area contributed by atoms with E-state index in [1.165, 1.54) is 9.80 Å². The maximum atomic E-state index is 13.2. The van der Waals surface area contributed by atoms with E-state index in [4.69, 9.17) is 17.0 Å². The van der Waals surface area contributed by atoms with Gasteiger partial charge in [-0.3, -0.25) is 24.2 Å². The first-order valence-electron chi connectivity index (χ1n) is 9.44. The number of ether oxygens (including phenoxy) is 1. The number of hydrogen-bond donors (Lipinski definition) is 1. The molecule has 0 saturated carbocycles. The molecule has 0 radical (unpaired) electrons. The highest BCUT2D eigenvalue weighted by Crippen LogP contribution is 2.44. The highest BCUT2D eigenvalue weighted by atomic mass is 32.2. The van der Waals surface area contributed by atoms with E-state index in [9.17, 15) is 19.5 Å². The maximum absolute atomic E-state index is 13.2. The molecule has 0 aromatic heterocycles. The highest BCUT2D eigenvalue weighted by Gasteiger charge is 2.42. The summed E-state index contributed by atoms with van der Waals surface area (Å²) >= 11 is 6.50. The summed E-state index contributed by atoms with van der Waals surface area (Å²) in [5, 5.41) is 9.20. The number of methoxy groups -OCH3 is 1. The van der Waals surface area contributed by atoms with Crippen LogP contribution in [0.1, 0.15) is 11.1 Å². The first-order chi connectivity index (χ1) is 14.9. The molecular weight excluding hydrogens is 436 g/mol. The van der Waals surface area contributed by atoms with E-state index in [1.807, 2.05) is 24.3 Å². The fourth-order valence-corrected chi connectivity index (χ4v) is 4.95. The number of hydrogen-bond acceptors (Lipinski definition) is 6. The normalized spacial score (nSPS) is 18.0. The molecule has 4 rings (SSSR count). The first kappa shape index (κ1) is 21.1. The Labute approximate surface area is 188 Å². The molecule has 2 aromatic rings. The number of amides is 2. The lowest BCUT2D eigenvalue weighted by Crippen LogP contribution is -2.33. The second-order valence-corrected chi connectivity index (χ2v) is 8.57. The minimum absolute atomic E-state index is 0.209. The number of para-hydroxylation sites is 1. The van der Waals surface area contributed by atoms with Crippen LogP contribution in [0.25, 0.3) is 5.57 Å². The summed E-state index contributed by atoms with van der Waals surface area (Å²) in [7, 11) is 1.60. The molecule has 9 heteroatoms. The van der Waals surface area contributed by atoms with Crippen molar-refractivity contribution in [3.63, 3.8) is 0 Å². The minimum Gasteiger partial charge on any atom is -0.497 e. The summed E-state index contributed by atoms with van der Waals surface area (Å²) in [6.45, 7) is -0.0977. The number of carbonyl (C=O) groups is 3. The van der Waals surface area contributed by atoms with Crippen LogP contribution in [0.2, 0.25) is 0 Å². The van der Waals surface area contributed by atoms with Gasteiger partial charge in [-0.2, -0.15) is 0 Å². The summed E-state index contributed by atoms with van der Waals surface area (Å²) < 4.78 is 5.53. The second kappa shape index (κ2) is 8.52. The van der Waals surface area contributed by atoms with Gasteiger partial charge in [-0.15, -0.1) is 0 Å². The van der Waals surface area contributed by atoms with E-state index in [-0.39, 0.29) is 16.4 Å². The number of benzene rings is 2. The second-order valence-electron chi connectivity index (χ2n) is 6.93. The first-order valence-corrected chi connectivity index (χ1v) is 10.7. The van der Waals surface area contributed by atoms with Gasteiger partial charge >= 0.3 is 5.97 Å². The van der Waals surface area contributed by atoms with Crippen LogP contribution < -0.4 is 9.64 Å². The highest BCUT2D eigenvalue weighted by molar-refractivity contribution is 8.26. The van der Waals surface area contributed by atoms with E-state index in [0.717, 1.165) is 23.1 Å². The van der Waals surface area contributed by atoms with Crippen molar-refractivity contribution < 1.29 is 24.2 Å². The third-order valence-electron chi connectivity index (χ3n) is 5.08. The van der Waals surface area contributed by atoms with Crippen LogP contribution in [0.5, 0.6) is 5.75 Å². The number of thiocarbonyl (C=S) groups is 1. The van der Waals surface area contributed by atoms with Crippen molar-refractivity contribution in [2.75, 3.05) is 25.1 Å². The molecule has 2 aliphatic rings. The Bertz CT molecular complexity index is 1130. The van der Waals surface area contributed by atoms with Crippen LogP contribution in [-0.2, 0) is 20.8 Å². The van der Waals surface area contributed by atoms with Crippen LogP contribution in [-0.4, -0.2) is 52.3 Å². The molecule has 1 N–H and O–H groups in total. The van der Waals surface area contributed by atoms with Gasteiger partial charge in [0.1, 0.15) is 16.6 Å². The van der Waals surface area contributed by atoms with Crippen molar-refractivity contribution >= 4 is 57.3 Å². The van der Waals surface area contributed by atoms with Crippen molar-refractivity contribution in [1.29, 1.82) is 0 Å². The summed E-state index contributed by atoms with van der Waals surface area (Å²) in [5.74, 6) is -1.21. The molecule has 7 nitrogen and oxygen atoms in total. The average Bonchev–Trinajstić information content (AvgIpc) is 3.19. The van der Waals surface area contributed by atoms with E-state index in [1.54, 1.807) is 31.4 Å². The Kier molecular flexibility index (Phi) is 5.79. The lowest BCUT2D eigenvalue weighted by molar-refractivity contribution is -0.136. The molecule has 2 heterocycles. The van der Waals surface area contributed by atoms with Gasteiger partial charge in [-0.05, 0) is 30.2 Å². The molecule has 31 heavy (non-hydrogen) atoms. The molecule has 0 aliphatic carbocycles. The maximum Gasteiger partial charge on any atom is 0.323 e. The third kappa shape index (κ3) is 3.94. The minimum atomic E-state index is -1.13. The van der Waals surface area contributed by atoms with Crippen molar-refractivity contribution in [2.45, 2.75) is 6.42 Å². The lowest BCUT2D eigenvalue weighted by Gasteiger charge is -2.15. The molecule has 158 valence electrons. The Morgan fingerprint density at radius 1 is 1.06 bits per heavy atom. The smallest absolute Gasteiger partial charge is 0.323 e. The van der Waals surface area contributed by atoms with Gasteiger partial charge in [-0.1, -0.05) is 54.3 Å². The SMILES string of the molecule is COc1ccc(CCN2C(=O)/C(=C3/C(=O)N(CC(=O)O)c4ccccc43)SC2=S)cc1. The van der Waals surface area contributed by atoms with Crippen LogP contribution in [0.4, 0.5) is 5.69 Å². The molecule has 1 fully saturated rings. The third-order valence-corrected chi connectivity index (χ3v) is 6.52. The fourth-order valence-electron chi connectivity index (χ4n) is 3.57. The average molecular weight is 455 g/mol. The van der Waals surface area contributed by atoms with Gasteiger partial charge in [0.05, 0.1) is 23.3 Å². The van der Waals surface area contributed by atoms with E-state index < -0.39 is 18.4 Å². The van der Waals surface area contributed by atoms with Crippen LogP contribution >= 0.6 is 24.0 Å². The number of carbonyl (C=O) groups excluding carboxylic acids is 2. The zero-order valence-corrected chi connectivity index (χ0v) is 18.2. The van der Waals surface area contributed by atoms with E-state index >= 15 is 0 Å². The molecule has 1 saturated heterocycles. The number of aliphatic carboxylic acids is 1. The summed E-state index contributed by atoms with van der Waals surface area (Å²) in [6, 6.07) is 14.4. The quantitative estimate of drug-likeness (QED) is 0.530. The van der Waals surface area contributed by atoms with E-state index in [2.05, 4.69) is 0 Å². The lowest BCUT2D eigenvalue weighted by atomic mass is 10.1. The van der Waals surface area contributed by atoms with Crippen LogP contribution in [0.15, 0.2) is 53.4 Å². The van der Waals surface area contributed by atoms with Gasteiger partial charge in [0.2, 0.25) is 0 Å². The van der Waals surface area contributed by atoms with Crippen LogP contribution in [0, 0.1) is 0 Å². The van der Waals surface area contributed by atoms with Crippen molar-refractivity contribution in [3.05, 3.63) is 64.6 Å². The Balaban J connectivity index is 1.61. The number of fused-ring (bicyclic) bond motifs is 1. The molecule has 0 spiro atoms. The predicted octanol–water partition coefficient (Wildman–Crippen LogP) is 2.94. The topological polar surface area (TPSA) is 87.2 Å². The number of carboxylic acid groups (broad SMARTS) is 1. The summed E-state index contributed by atoms with van der Waals surface area (Å²) in [6.07, 6.45) is 0.592. The molecule has 0 bridgehead atoms. The monoisotopic (exact) mass is 454 g/mol. The number of nitrogens with zero attached hydrogens (tertiary/aromatic N) is 2. The zero-order chi connectivity index (χ0) is 22.1. The zero-order valence-electron chi connectivity index (χ0n) is 16.5. The largest absolute Gasteiger partial charge is 0.497 e. The molecule has 0 atom stereocenters. The summed E-state index contributed by atoms with van der Waals surface area (Å²) in [4.78, 5) is 40.4. The molecule has 2 aromatic carbocycles. The number of rotatable bonds is 6. The Hall–Kier alpha value is -3.17. The molecule has 0 unspecified atom stereocenters. The molecule has 2 amide bonds. The standard InChI is InChI=1S/C22H18N2O5S2/c1-29-14-8-6-13(7-9-14)10-11-23-21(28)19(31-22(23)30)18-15-4-2-3-5-16(15)24(20(18)27)12-17(25)26/h2-9H,10-12H2,1H3,(H,25,26)/b19-18-. The van der Waals surface area contributed by atoms with Crippen LogP contribution in [0.3, 0.4) is 0 Å². The van der Waals surface area contributed by atoms with E-state index in [0.29, 0.717) is 28.5 Å².